The smallest absolute Gasteiger partial charge is 0.417 e. The predicted molar refractivity (Wildman–Crippen MR) is 125 cm³/mol. The Morgan fingerprint density at radius 3 is 2.47 bits per heavy atom. The Kier molecular flexibility index (Phi) is 6.52. The van der Waals surface area contributed by atoms with Crippen molar-refractivity contribution in [3.05, 3.63) is 47.3 Å². The molecular weight excluding hydrogens is 472 g/mol. The van der Waals surface area contributed by atoms with Crippen LogP contribution in [0.2, 0.25) is 0 Å². The maximum atomic E-state index is 13.3. The summed E-state index contributed by atoms with van der Waals surface area (Å²) in [6.07, 6.45) is 3.13. The summed E-state index contributed by atoms with van der Waals surface area (Å²) in [5.74, 6) is -2.35. The highest BCUT2D eigenvalue weighted by Gasteiger charge is 2.70. The van der Waals surface area contributed by atoms with Crippen LogP contribution in [0, 0.1) is 5.92 Å². The number of amides is 1. The largest absolute Gasteiger partial charge is 0.495 e. The molecule has 0 saturated carbocycles. The van der Waals surface area contributed by atoms with Gasteiger partial charge in [-0.05, 0) is 37.0 Å². The van der Waals surface area contributed by atoms with E-state index in [4.69, 9.17) is 18.9 Å². The standard InChI is InChI=1S/C25H28N2O9/c1-33-17-8-5-7-16-19(17)27(23(31)36-4)25(32,22(30)35-3)18-10-9-15(21(29)34-2)20-24(16,18)11-13-26(20)12-6-14-28/h5-8,12,14,18,32H,9-11,13H2,1-4H3/b12-6+/t18-,24+,25-/m1/s1. The zero-order valence-corrected chi connectivity index (χ0v) is 20.5. The van der Waals surface area contributed by atoms with Crippen LogP contribution in [0.3, 0.4) is 0 Å². The summed E-state index contributed by atoms with van der Waals surface area (Å²) in [4.78, 5) is 53.2. The molecule has 0 aromatic heterocycles. The second kappa shape index (κ2) is 9.30. The summed E-state index contributed by atoms with van der Waals surface area (Å²) in [5.41, 5.74) is -2.10. The van der Waals surface area contributed by atoms with Gasteiger partial charge in [-0.1, -0.05) is 12.1 Å². The number of anilines is 1. The minimum absolute atomic E-state index is 0.126. The lowest BCUT2D eigenvalue weighted by molar-refractivity contribution is -0.173. The van der Waals surface area contributed by atoms with Crippen LogP contribution in [0.25, 0.3) is 0 Å². The van der Waals surface area contributed by atoms with E-state index < -0.39 is 35.1 Å². The Morgan fingerprint density at radius 2 is 1.86 bits per heavy atom. The van der Waals surface area contributed by atoms with Crippen molar-refractivity contribution in [2.45, 2.75) is 30.4 Å². The van der Waals surface area contributed by atoms with Gasteiger partial charge in [0, 0.05) is 29.8 Å². The van der Waals surface area contributed by atoms with E-state index in [-0.39, 0.29) is 24.3 Å². The van der Waals surface area contributed by atoms with Crippen molar-refractivity contribution in [3.63, 3.8) is 0 Å². The monoisotopic (exact) mass is 500 g/mol. The lowest BCUT2D eigenvalue weighted by Crippen LogP contribution is -2.70. The zero-order valence-electron chi connectivity index (χ0n) is 20.5. The maximum Gasteiger partial charge on any atom is 0.417 e. The number of fused-ring (bicyclic) bond motifs is 1. The summed E-state index contributed by atoms with van der Waals surface area (Å²) in [6, 6.07) is 5.09. The van der Waals surface area contributed by atoms with E-state index in [9.17, 15) is 24.3 Å². The van der Waals surface area contributed by atoms with E-state index in [1.165, 1.54) is 20.3 Å². The molecule has 192 valence electrons. The number of nitrogens with zero attached hydrogens (tertiary/aromatic N) is 2. The number of likely N-dealkylation sites (tertiary alicyclic amines) is 1. The van der Waals surface area contributed by atoms with Crippen molar-refractivity contribution in [2.75, 3.05) is 39.9 Å². The van der Waals surface area contributed by atoms with Crippen LogP contribution in [-0.4, -0.2) is 75.0 Å². The summed E-state index contributed by atoms with van der Waals surface area (Å²) in [5, 5.41) is 12.2. The topological polar surface area (TPSA) is 132 Å². The molecule has 1 spiro atoms. The van der Waals surface area contributed by atoms with Crippen molar-refractivity contribution >= 4 is 30.0 Å². The van der Waals surface area contributed by atoms with Gasteiger partial charge in [0.25, 0.3) is 5.72 Å². The molecule has 1 aromatic rings. The van der Waals surface area contributed by atoms with E-state index in [0.717, 1.165) is 19.1 Å². The number of aliphatic hydroxyl groups is 1. The molecule has 1 N–H and O–H groups in total. The fourth-order valence-electron chi connectivity index (χ4n) is 6.13. The minimum atomic E-state index is -2.50. The molecule has 1 saturated heterocycles. The van der Waals surface area contributed by atoms with Crippen molar-refractivity contribution in [3.8, 4) is 5.75 Å². The van der Waals surface area contributed by atoms with Gasteiger partial charge in [0.1, 0.15) is 12.0 Å². The average Bonchev–Trinajstić information content (AvgIpc) is 3.29. The number of methoxy groups -OCH3 is 4. The third-order valence-corrected chi connectivity index (χ3v) is 7.39. The van der Waals surface area contributed by atoms with E-state index >= 15 is 0 Å². The second-order valence-electron chi connectivity index (χ2n) is 8.68. The molecule has 2 heterocycles. The molecule has 1 fully saturated rings. The molecule has 11 heteroatoms. The number of benzene rings is 1. The van der Waals surface area contributed by atoms with Crippen molar-refractivity contribution in [1.29, 1.82) is 0 Å². The van der Waals surface area contributed by atoms with Gasteiger partial charge < -0.3 is 29.0 Å². The first-order chi connectivity index (χ1) is 17.3. The molecular formula is C25H28N2O9. The van der Waals surface area contributed by atoms with Crippen LogP contribution in [0.1, 0.15) is 24.8 Å². The molecule has 1 aliphatic carbocycles. The van der Waals surface area contributed by atoms with Crippen LogP contribution in [0.15, 0.2) is 41.7 Å². The SMILES string of the molecule is COC(=O)C1=C2N(/C=C/C=O)CC[C@@]23c2cccc(OC)c2N(C(=O)OC)[C@](O)(C(=O)OC)[C@@H]3CC1. The number of esters is 2. The molecule has 4 rings (SSSR count). The summed E-state index contributed by atoms with van der Waals surface area (Å²) in [6.45, 7) is 0.364. The van der Waals surface area contributed by atoms with Crippen LogP contribution in [-0.2, 0) is 34.0 Å². The molecule has 11 nitrogen and oxygen atoms in total. The number of ether oxygens (including phenoxy) is 4. The van der Waals surface area contributed by atoms with Gasteiger partial charge in [-0.25, -0.2) is 19.3 Å². The molecule has 3 aliphatic rings. The first-order valence-electron chi connectivity index (χ1n) is 11.3. The summed E-state index contributed by atoms with van der Waals surface area (Å²) < 4.78 is 20.7. The van der Waals surface area contributed by atoms with Crippen LogP contribution in [0.5, 0.6) is 5.75 Å². The predicted octanol–water partition coefficient (Wildman–Crippen LogP) is 1.64. The zero-order chi connectivity index (χ0) is 26.3. The van der Waals surface area contributed by atoms with Gasteiger partial charge >= 0.3 is 18.0 Å². The normalized spacial score (nSPS) is 26.6. The number of hydrogen-bond acceptors (Lipinski definition) is 10. The fraction of sp³-hybridized carbons (Fsp3) is 0.440. The first-order valence-corrected chi connectivity index (χ1v) is 11.3. The van der Waals surface area contributed by atoms with Gasteiger partial charge in [0.2, 0.25) is 0 Å². The van der Waals surface area contributed by atoms with Gasteiger partial charge in [0.15, 0.2) is 0 Å². The van der Waals surface area contributed by atoms with Gasteiger partial charge in [-0.3, -0.25) is 4.79 Å². The van der Waals surface area contributed by atoms with Crippen molar-refractivity contribution < 1.29 is 43.2 Å². The highest BCUT2D eigenvalue weighted by Crippen LogP contribution is 2.64. The molecule has 36 heavy (non-hydrogen) atoms. The van der Waals surface area contributed by atoms with Gasteiger partial charge in [-0.2, -0.15) is 0 Å². The van der Waals surface area contributed by atoms with Gasteiger partial charge in [-0.15, -0.1) is 0 Å². The average molecular weight is 501 g/mol. The summed E-state index contributed by atoms with van der Waals surface area (Å²) >= 11 is 0. The maximum absolute atomic E-state index is 13.3. The third kappa shape index (κ3) is 3.22. The quantitative estimate of drug-likeness (QED) is 0.275. The first kappa shape index (κ1) is 25.2. The molecule has 1 amide bonds. The van der Waals surface area contributed by atoms with Crippen molar-refractivity contribution in [2.24, 2.45) is 5.92 Å². The Bertz CT molecular complexity index is 1180. The highest BCUT2D eigenvalue weighted by molar-refractivity contribution is 6.02. The molecule has 3 atom stereocenters. The molecule has 0 radical (unpaired) electrons. The number of para-hydroxylation sites is 1. The van der Waals surface area contributed by atoms with Crippen LogP contribution >= 0.6 is 0 Å². The van der Waals surface area contributed by atoms with Gasteiger partial charge in [0.05, 0.1) is 39.7 Å². The second-order valence-corrected chi connectivity index (χ2v) is 8.68. The number of allylic oxidation sites excluding steroid dienone is 2. The number of carbonyl (C=O) groups excluding carboxylic acids is 4. The third-order valence-electron chi connectivity index (χ3n) is 7.39. The molecule has 2 aliphatic heterocycles. The van der Waals surface area contributed by atoms with E-state index in [2.05, 4.69) is 0 Å². The van der Waals surface area contributed by atoms with E-state index in [0.29, 0.717) is 36.1 Å². The highest BCUT2D eigenvalue weighted by atomic mass is 16.6. The minimum Gasteiger partial charge on any atom is -0.495 e. The Labute approximate surface area is 207 Å². The van der Waals surface area contributed by atoms with Crippen LogP contribution in [0.4, 0.5) is 10.5 Å². The Morgan fingerprint density at radius 1 is 1.11 bits per heavy atom. The summed E-state index contributed by atoms with van der Waals surface area (Å²) in [7, 11) is 4.93. The lowest BCUT2D eigenvalue weighted by Gasteiger charge is -2.56. The van der Waals surface area contributed by atoms with E-state index in [1.54, 1.807) is 29.3 Å². The number of hydrogen-bond donors (Lipinski definition) is 1. The number of carbonyl (C=O) groups is 4. The van der Waals surface area contributed by atoms with Crippen molar-refractivity contribution in [1.82, 2.24) is 4.90 Å². The van der Waals surface area contributed by atoms with E-state index in [1.807, 2.05) is 0 Å². The lowest BCUT2D eigenvalue weighted by atomic mass is 9.56. The molecule has 0 bridgehead atoms. The van der Waals surface area contributed by atoms with Crippen LogP contribution < -0.4 is 9.64 Å². The molecule has 0 unspecified atom stereocenters. The number of aldehydes is 1. The Hall–Kier alpha value is -3.86. The Balaban J connectivity index is 2.16. The fourth-order valence-corrected chi connectivity index (χ4v) is 6.13. The number of rotatable bonds is 5. The molecule has 1 aromatic carbocycles.